The van der Waals surface area contributed by atoms with Gasteiger partial charge in [-0.05, 0) is 69.6 Å². The molecule has 0 spiro atoms. The van der Waals surface area contributed by atoms with Gasteiger partial charge in [-0.25, -0.2) is 0 Å². The third kappa shape index (κ3) is 3.76. The van der Waals surface area contributed by atoms with Crippen molar-refractivity contribution in [2.45, 2.75) is 0 Å². The number of para-hydroxylation sites is 4. The fourth-order valence-corrected chi connectivity index (χ4v) is 9.02. The van der Waals surface area contributed by atoms with E-state index in [0.717, 1.165) is 66.1 Å². The number of furan rings is 2. The van der Waals surface area contributed by atoms with Crippen LogP contribution in [0.2, 0.25) is 0 Å². The summed E-state index contributed by atoms with van der Waals surface area (Å²) in [7, 11) is 0. The average Bonchev–Trinajstić information content (AvgIpc) is 3.79. The number of hydrogen-bond donors (Lipinski definition) is 0. The number of hydrogen-bond acceptors (Lipinski definition) is 3. The molecule has 0 saturated carbocycles. The maximum absolute atomic E-state index is 6.50. The third-order valence-electron chi connectivity index (χ3n) is 11.3. The SMILES string of the molecule is c1ccc2c(c1)B1c3ccccc3-c3cc(-c4cccc5c4oc4ccccc45)ccc3N1c1ccc(-c3cccc4c3oc3ccccc34)cc1-2. The lowest BCUT2D eigenvalue weighted by molar-refractivity contribution is 0.669. The molecule has 0 N–H and O–H groups in total. The van der Waals surface area contributed by atoms with E-state index in [1.165, 1.54) is 44.6 Å². The largest absolute Gasteiger partial charge is 0.455 e. The minimum absolute atomic E-state index is 0.0433. The molecule has 12 rings (SSSR count). The fraction of sp³-hybridized carbons (Fsp3) is 0. The Morgan fingerprint density at radius 1 is 0.346 bits per heavy atom. The molecule has 2 aliphatic rings. The highest BCUT2D eigenvalue weighted by atomic mass is 16.3. The third-order valence-corrected chi connectivity index (χ3v) is 11.3. The van der Waals surface area contributed by atoms with Crippen LogP contribution in [0.3, 0.4) is 0 Å². The molecule has 0 aliphatic carbocycles. The Kier molecular flexibility index (Phi) is 5.58. The quantitative estimate of drug-likeness (QED) is 0.173. The number of benzene rings is 8. The first-order chi connectivity index (χ1) is 25.8. The van der Waals surface area contributed by atoms with E-state index in [1.807, 2.05) is 12.1 Å². The molecule has 4 heteroatoms. The van der Waals surface area contributed by atoms with Crippen molar-refractivity contribution in [3.8, 4) is 44.5 Å². The second kappa shape index (κ2) is 10.4. The molecule has 0 bridgehead atoms. The Labute approximate surface area is 300 Å². The molecular weight excluding hydrogens is 633 g/mol. The molecular formula is C48H28BNO2. The topological polar surface area (TPSA) is 29.5 Å². The van der Waals surface area contributed by atoms with Gasteiger partial charge < -0.3 is 13.6 Å². The Balaban J connectivity index is 1.08. The number of anilines is 2. The summed E-state index contributed by atoms with van der Waals surface area (Å²) in [5.41, 5.74) is 18.2. The van der Waals surface area contributed by atoms with Crippen molar-refractivity contribution in [1.82, 2.24) is 0 Å². The van der Waals surface area contributed by atoms with E-state index in [-0.39, 0.29) is 6.85 Å². The summed E-state index contributed by atoms with van der Waals surface area (Å²) in [5.74, 6) is 0. The van der Waals surface area contributed by atoms with Crippen LogP contribution in [-0.2, 0) is 0 Å². The van der Waals surface area contributed by atoms with E-state index in [0.29, 0.717) is 0 Å². The highest BCUT2D eigenvalue weighted by Gasteiger charge is 2.42. The predicted octanol–water partition coefficient (Wildman–Crippen LogP) is 11.7. The van der Waals surface area contributed by atoms with Crippen molar-refractivity contribution >= 4 is 73.0 Å². The van der Waals surface area contributed by atoms with Crippen LogP contribution < -0.4 is 15.7 Å². The first kappa shape index (κ1) is 28.0. The summed E-state index contributed by atoms with van der Waals surface area (Å²) in [6, 6.07) is 61.3. The van der Waals surface area contributed by atoms with Gasteiger partial charge in [0.25, 0.3) is 0 Å². The highest BCUT2D eigenvalue weighted by molar-refractivity contribution is 6.92. The van der Waals surface area contributed by atoms with E-state index >= 15 is 0 Å². The van der Waals surface area contributed by atoms with Crippen LogP contribution in [-0.4, -0.2) is 6.85 Å². The fourth-order valence-electron chi connectivity index (χ4n) is 9.02. The zero-order valence-electron chi connectivity index (χ0n) is 28.0. The molecule has 2 aliphatic heterocycles. The average molecular weight is 662 g/mol. The molecule has 0 saturated heterocycles. The van der Waals surface area contributed by atoms with E-state index in [9.17, 15) is 0 Å². The second-order valence-electron chi connectivity index (χ2n) is 14.0. The molecule has 4 heterocycles. The smallest absolute Gasteiger partial charge is 0.329 e. The maximum Gasteiger partial charge on any atom is 0.329 e. The highest BCUT2D eigenvalue weighted by Crippen LogP contribution is 2.49. The van der Waals surface area contributed by atoms with Gasteiger partial charge in [-0.3, -0.25) is 0 Å². The van der Waals surface area contributed by atoms with Crippen molar-refractivity contribution in [3.63, 3.8) is 0 Å². The molecule has 240 valence electrons. The van der Waals surface area contributed by atoms with Crippen LogP contribution in [0.15, 0.2) is 179 Å². The Bertz CT molecular complexity index is 2910. The summed E-state index contributed by atoms with van der Waals surface area (Å²) >= 11 is 0. The molecule has 0 atom stereocenters. The van der Waals surface area contributed by atoms with Gasteiger partial charge in [0.15, 0.2) is 0 Å². The summed E-state index contributed by atoms with van der Waals surface area (Å²) in [6.45, 7) is 0.0433. The van der Waals surface area contributed by atoms with Crippen molar-refractivity contribution in [2.75, 3.05) is 4.81 Å². The first-order valence-electron chi connectivity index (χ1n) is 17.9. The van der Waals surface area contributed by atoms with E-state index in [2.05, 4.69) is 163 Å². The van der Waals surface area contributed by atoms with Gasteiger partial charge >= 0.3 is 6.85 Å². The number of nitrogens with zero attached hydrogens (tertiary/aromatic N) is 1. The van der Waals surface area contributed by atoms with Crippen LogP contribution in [0.5, 0.6) is 0 Å². The lowest BCUT2D eigenvalue weighted by atomic mass is 9.43. The minimum atomic E-state index is 0.0433. The summed E-state index contributed by atoms with van der Waals surface area (Å²) in [4.78, 5) is 2.56. The molecule has 2 aromatic heterocycles. The van der Waals surface area contributed by atoms with Crippen LogP contribution >= 0.6 is 0 Å². The van der Waals surface area contributed by atoms with Gasteiger partial charge in [0.1, 0.15) is 22.3 Å². The van der Waals surface area contributed by atoms with Crippen molar-refractivity contribution in [3.05, 3.63) is 170 Å². The zero-order chi connectivity index (χ0) is 33.9. The standard InChI is InChI=1S/C48H28BNO2/c1-5-19-41-33(11-1)39-27-29(31-15-9-17-37-35-13-3-7-21-45(35)51-47(31)37)23-25-43(39)50-44-26-24-30(28-40(44)34-12-2-6-20-42(34)49(41)50)32-16-10-18-38-36-14-4-8-22-46(36)52-48(32)38/h1-28H. The van der Waals surface area contributed by atoms with Crippen LogP contribution in [0.4, 0.5) is 11.4 Å². The normalized spacial score (nSPS) is 12.9. The van der Waals surface area contributed by atoms with Crippen LogP contribution in [0.25, 0.3) is 88.4 Å². The monoisotopic (exact) mass is 661 g/mol. The van der Waals surface area contributed by atoms with E-state index in [1.54, 1.807) is 0 Å². The van der Waals surface area contributed by atoms with Gasteiger partial charge in [-0.15, -0.1) is 0 Å². The lowest BCUT2D eigenvalue weighted by Gasteiger charge is -2.43. The van der Waals surface area contributed by atoms with Gasteiger partial charge in [-0.1, -0.05) is 133 Å². The van der Waals surface area contributed by atoms with Crippen LogP contribution in [0.1, 0.15) is 0 Å². The summed E-state index contributed by atoms with van der Waals surface area (Å²) in [6.07, 6.45) is 0. The zero-order valence-corrected chi connectivity index (χ0v) is 28.0. The Morgan fingerprint density at radius 3 is 1.29 bits per heavy atom. The molecule has 0 fully saturated rings. The maximum atomic E-state index is 6.50. The molecule has 10 aromatic rings. The minimum Gasteiger partial charge on any atom is -0.455 e. The van der Waals surface area contributed by atoms with Gasteiger partial charge in [0.2, 0.25) is 0 Å². The molecule has 0 unspecified atom stereocenters. The van der Waals surface area contributed by atoms with E-state index < -0.39 is 0 Å². The summed E-state index contributed by atoms with van der Waals surface area (Å²) in [5, 5.41) is 4.57. The van der Waals surface area contributed by atoms with Crippen molar-refractivity contribution in [1.29, 1.82) is 0 Å². The molecule has 52 heavy (non-hydrogen) atoms. The Morgan fingerprint density at radius 2 is 0.769 bits per heavy atom. The van der Waals surface area contributed by atoms with Gasteiger partial charge in [-0.2, -0.15) is 0 Å². The van der Waals surface area contributed by atoms with Gasteiger partial charge in [0.05, 0.1) is 0 Å². The van der Waals surface area contributed by atoms with Crippen LogP contribution in [0, 0.1) is 0 Å². The molecule has 0 radical (unpaired) electrons. The Hall–Kier alpha value is -6.78. The second-order valence-corrected chi connectivity index (χ2v) is 14.0. The number of rotatable bonds is 2. The van der Waals surface area contributed by atoms with Gasteiger partial charge in [0, 0.05) is 55.2 Å². The van der Waals surface area contributed by atoms with E-state index in [4.69, 9.17) is 8.83 Å². The molecule has 3 nitrogen and oxygen atoms in total. The molecule has 0 amide bonds. The lowest BCUT2D eigenvalue weighted by Crippen LogP contribution is -2.59. The van der Waals surface area contributed by atoms with Crippen molar-refractivity contribution < 1.29 is 8.83 Å². The first-order valence-corrected chi connectivity index (χ1v) is 17.9. The number of fused-ring (bicyclic) bond motifs is 17. The summed E-state index contributed by atoms with van der Waals surface area (Å²) < 4.78 is 13.0. The van der Waals surface area contributed by atoms with Crippen molar-refractivity contribution in [2.24, 2.45) is 0 Å². The molecule has 8 aromatic carbocycles. The predicted molar refractivity (Wildman–Crippen MR) is 216 cm³/mol.